The van der Waals surface area contributed by atoms with Crippen LogP contribution in [0.3, 0.4) is 0 Å². The largest absolute Gasteiger partial charge is 0.379 e. The molecule has 8 heteroatoms. The van der Waals surface area contributed by atoms with Gasteiger partial charge in [0, 0.05) is 26.2 Å². The highest BCUT2D eigenvalue weighted by Crippen LogP contribution is 2.27. The lowest BCUT2D eigenvalue weighted by atomic mass is 9.93. The molecule has 2 aliphatic heterocycles. The number of nitrogens with one attached hydrogen (secondary N) is 2. The number of carbonyl (C=O) groups is 2. The molecule has 2 amide bonds. The zero-order valence-electron chi connectivity index (χ0n) is 24.7. The molecule has 2 unspecified atom stereocenters. The molecular formula is C34H42N4O4. The van der Waals surface area contributed by atoms with Crippen LogP contribution in [0.5, 0.6) is 0 Å². The first kappa shape index (κ1) is 29.9. The van der Waals surface area contributed by atoms with E-state index in [1.807, 2.05) is 0 Å². The number of hydrogen-bond donors (Lipinski definition) is 2. The third kappa shape index (κ3) is 8.26. The third-order valence-corrected chi connectivity index (χ3v) is 7.98. The Labute approximate surface area is 249 Å². The summed E-state index contributed by atoms with van der Waals surface area (Å²) in [6, 6.07) is 24.2. The number of amides is 2. The van der Waals surface area contributed by atoms with E-state index >= 15 is 0 Å². The Bertz CT molecular complexity index is 1200. The fraction of sp³-hybridized carbons (Fsp3) is 0.412. The van der Waals surface area contributed by atoms with E-state index in [1.54, 1.807) is 0 Å². The Hall–Kier alpha value is -3.56. The Kier molecular flexibility index (Phi) is 10.4. The van der Waals surface area contributed by atoms with E-state index in [0.717, 1.165) is 48.4 Å². The standard InChI is InChI=1S/C34H42N4O4/c1-25-3-7-27(8-4-25)33(35-31(39)23-37-15-19-41-20-16-37)29-11-13-30(14-12-29)34(28-9-5-26(2)6-10-28)36-32(40)24-38-17-21-42-22-18-38/h3-14,33-34H,15-24H2,1-2H3,(H,35,39)(H,36,40). The second kappa shape index (κ2) is 14.6. The van der Waals surface area contributed by atoms with Crippen LogP contribution >= 0.6 is 0 Å². The molecule has 0 aromatic heterocycles. The third-order valence-electron chi connectivity index (χ3n) is 7.98. The van der Waals surface area contributed by atoms with Crippen LogP contribution in [0.4, 0.5) is 0 Å². The predicted molar refractivity (Wildman–Crippen MR) is 163 cm³/mol. The molecule has 2 atom stereocenters. The maximum absolute atomic E-state index is 13.2. The first-order valence-corrected chi connectivity index (χ1v) is 14.9. The van der Waals surface area contributed by atoms with Gasteiger partial charge in [-0.3, -0.25) is 19.4 Å². The minimum Gasteiger partial charge on any atom is -0.379 e. The van der Waals surface area contributed by atoms with E-state index < -0.39 is 0 Å². The van der Waals surface area contributed by atoms with E-state index in [9.17, 15) is 9.59 Å². The lowest BCUT2D eigenvalue weighted by Gasteiger charge is -2.28. The van der Waals surface area contributed by atoms with Crippen LogP contribution < -0.4 is 10.6 Å². The summed E-state index contributed by atoms with van der Waals surface area (Å²) >= 11 is 0. The van der Waals surface area contributed by atoms with E-state index in [4.69, 9.17) is 9.47 Å². The molecule has 2 aliphatic rings. The Morgan fingerprint density at radius 3 is 1.17 bits per heavy atom. The van der Waals surface area contributed by atoms with Gasteiger partial charge >= 0.3 is 0 Å². The Morgan fingerprint density at radius 2 is 0.857 bits per heavy atom. The van der Waals surface area contributed by atoms with Crippen molar-refractivity contribution in [1.82, 2.24) is 20.4 Å². The summed E-state index contributed by atoms with van der Waals surface area (Å²) in [4.78, 5) is 30.6. The molecule has 222 valence electrons. The highest BCUT2D eigenvalue weighted by Gasteiger charge is 2.23. The summed E-state index contributed by atoms with van der Waals surface area (Å²) in [6.07, 6.45) is 0. The number of ether oxygens (including phenoxy) is 2. The number of aryl methyl sites for hydroxylation is 2. The van der Waals surface area contributed by atoms with Gasteiger partial charge in [-0.1, -0.05) is 83.9 Å². The molecule has 2 fully saturated rings. The summed E-state index contributed by atoms with van der Waals surface area (Å²) < 4.78 is 10.9. The van der Waals surface area contributed by atoms with Crippen molar-refractivity contribution in [3.05, 3.63) is 106 Å². The number of morpholine rings is 2. The van der Waals surface area contributed by atoms with Gasteiger partial charge in [-0.15, -0.1) is 0 Å². The van der Waals surface area contributed by atoms with Crippen LogP contribution in [-0.2, 0) is 19.1 Å². The van der Waals surface area contributed by atoms with Gasteiger partial charge in [0.1, 0.15) is 0 Å². The Balaban J connectivity index is 1.36. The van der Waals surface area contributed by atoms with Crippen molar-refractivity contribution in [2.45, 2.75) is 25.9 Å². The number of hydrogen-bond acceptors (Lipinski definition) is 6. The SMILES string of the molecule is Cc1ccc(C(NC(=O)CN2CCOCC2)c2ccc(C(NC(=O)CN3CCOCC3)c3ccc(C)cc3)cc2)cc1. The van der Waals surface area contributed by atoms with Gasteiger partial charge in [0.25, 0.3) is 0 Å². The van der Waals surface area contributed by atoms with E-state index in [-0.39, 0.29) is 23.9 Å². The van der Waals surface area contributed by atoms with E-state index in [0.29, 0.717) is 39.5 Å². The lowest BCUT2D eigenvalue weighted by Crippen LogP contribution is -2.44. The lowest BCUT2D eigenvalue weighted by molar-refractivity contribution is -0.124. The van der Waals surface area contributed by atoms with Crippen molar-refractivity contribution in [2.24, 2.45) is 0 Å². The molecule has 0 bridgehead atoms. The van der Waals surface area contributed by atoms with Crippen molar-refractivity contribution in [3.8, 4) is 0 Å². The maximum Gasteiger partial charge on any atom is 0.234 e. The summed E-state index contributed by atoms with van der Waals surface area (Å²) in [6.45, 7) is 10.5. The summed E-state index contributed by atoms with van der Waals surface area (Å²) in [7, 11) is 0. The average Bonchev–Trinajstić information content (AvgIpc) is 3.01. The smallest absolute Gasteiger partial charge is 0.234 e. The van der Waals surface area contributed by atoms with Gasteiger partial charge in [0.15, 0.2) is 0 Å². The van der Waals surface area contributed by atoms with Crippen LogP contribution in [0.1, 0.15) is 45.5 Å². The summed E-state index contributed by atoms with van der Waals surface area (Å²) in [5, 5.41) is 6.55. The topological polar surface area (TPSA) is 83.1 Å². The van der Waals surface area contributed by atoms with E-state index in [1.165, 1.54) is 11.1 Å². The minimum absolute atomic E-state index is 0.0144. The van der Waals surface area contributed by atoms with Crippen molar-refractivity contribution in [2.75, 3.05) is 65.7 Å². The van der Waals surface area contributed by atoms with Gasteiger partial charge in [-0.05, 0) is 36.1 Å². The van der Waals surface area contributed by atoms with Crippen LogP contribution in [0.2, 0.25) is 0 Å². The maximum atomic E-state index is 13.2. The summed E-state index contributed by atoms with van der Waals surface area (Å²) in [5.41, 5.74) is 6.36. The van der Waals surface area contributed by atoms with E-state index in [2.05, 4.69) is 107 Å². The fourth-order valence-electron chi connectivity index (χ4n) is 5.45. The Morgan fingerprint density at radius 1 is 0.571 bits per heavy atom. The molecule has 0 saturated carbocycles. The monoisotopic (exact) mass is 570 g/mol. The predicted octanol–water partition coefficient (Wildman–Crippen LogP) is 3.38. The molecule has 2 heterocycles. The normalized spacial score (nSPS) is 17.8. The molecule has 5 rings (SSSR count). The van der Waals surface area contributed by atoms with Crippen LogP contribution in [0, 0.1) is 13.8 Å². The number of carbonyl (C=O) groups excluding carboxylic acids is 2. The zero-order chi connectivity index (χ0) is 29.3. The van der Waals surface area contributed by atoms with Gasteiger partial charge in [-0.25, -0.2) is 0 Å². The second-order valence-corrected chi connectivity index (χ2v) is 11.3. The molecule has 42 heavy (non-hydrogen) atoms. The molecule has 0 aliphatic carbocycles. The number of nitrogens with zero attached hydrogens (tertiary/aromatic N) is 2. The van der Waals surface area contributed by atoms with Gasteiger partial charge in [-0.2, -0.15) is 0 Å². The quantitative estimate of drug-likeness (QED) is 0.389. The van der Waals surface area contributed by atoms with Crippen LogP contribution in [0.25, 0.3) is 0 Å². The fourth-order valence-corrected chi connectivity index (χ4v) is 5.45. The number of rotatable bonds is 10. The first-order valence-electron chi connectivity index (χ1n) is 14.9. The molecule has 3 aromatic carbocycles. The highest BCUT2D eigenvalue weighted by atomic mass is 16.5. The molecule has 0 spiro atoms. The van der Waals surface area contributed by atoms with Crippen molar-refractivity contribution in [3.63, 3.8) is 0 Å². The van der Waals surface area contributed by atoms with Gasteiger partial charge in [0.05, 0.1) is 51.6 Å². The van der Waals surface area contributed by atoms with Crippen molar-refractivity contribution < 1.29 is 19.1 Å². The molecule has 2 saturated heterocycles. The summed E-state index contributed by atoms with van der Waals surface area (Å²) in [5.74, 6) is -0.0288. The van der Waals surface area contributed by atoms with Crippen LogP contribution in [-0.4, -0.2) is 87.3 Å². The van der Waals surface area contributed by atoms with Gasteiger partial charge in [0.2, 0.25) is 11.8 Å². The highest BCUT2D eigenvalue weighted by molar-refractivity contribution is 5.79. The number of benzene rings is 3. The molecular weight excluding hydrogens is 528 g/mol. The molecule has 2 N–H and O–H groups in total. The van der Waals surface area contributed by atoms with Crippen LogP contribution in [0.15, 0.2) is 72.8 Å². The second-order valence-electron chi connectivity index (χ2n) is 11.3. The van der Waals surface area contributed by atoms with Crippen molar-refractivity contribution in [1.29, 1.82) is 0 Å². The molecule has 8 nitrogen and oxygen atoms in total. The molecule has 3 aromatic rings. The minimum atomic E-state index is -0.290. The van der Waals surface area contributed by atoms with Crippen molar-refractivity contribution >= 4 is 11.8 Å². The average molecular weight is 571 g/mol. The zero-order valence-corrected chi connectivity index (χ0v) is 24.7. The molecule has 0 radical (unpaired) electrons. The first-order chi connectivity index (χ1) is 20.4. The van der Waals surface area contributed by atoms with Gasteiger partial charge < -0.3 is 20.1 Å².